The summed E-state index contributed by atoms with van der Waals surface area (Å²) in [6.45, 7) is 0.539. The van der Waals surface area contributed by atoms with Gasteiger partial charge in [0.2, 0.25) is 11.9 Å². The zero-order valence-electron chi connectivity index (χ0n) is 10.3. The highest BCUT2D eigenvalue weighted by Gasteiger charge is 2.27. The second kappa shape index (κ2) is 5.78. The molecule has 0 aromatic carbocycles. The molecule has 0 saturated heterocycles. The normalized spacial score (nSPS) is 15.1. The van der Waals surface area contributed by atoms with Gasteiger partial charge in [-0.1, -0.05) is 0 Å². The Bertz CT molecular complexity index is 376. The van der Waals surface area contributed by atoms with Gasteiger partial charge < -0.3 is 14.7 Å². The van der Waals surface area contributed by atoms with Gasteiger partial charge in [0.05, 0.1) is 13.7 Å². The van der Waals surface area contributed by atoms with E-state index in [4.69, 9.17) is 15.7 Å². The first-order valence-corrected chi connectivity index (χ1v) is 5.92. The van der Waals surface area contributed by atoms with Gasteiger partial charge in [0.25, 0.3) is 0 Å². The number of rotatable bonds is 6. The number of hydrogen-bond donors (Lipinski definition) is 3. The molecule has 1 aliphatic rings. The van der Waals surface area contributed by atoms with Gasteiger partial charge in [-0.3, -0.25) is 5.43 Å². The minimum absolute atomic E-state index is 0.0515. The summed E-state index contributed by atoms with van der Waals surface area (Å²) in [6, 6.07) is 0.574. The Labute approximate surface area is 105 Å². The third kappa shape index (κ3) is 2.59. The van der Waals surface area contributed by atoms with Gasteiger partial charge in [0.1, 0.15) is 0 Å². The van der Waals surface area contributed by atoms with Crippen LogP contribution in [0.5, 0.6) is 6.01 Å². The van der Waals surface area contributed by atoms with E-state index in [0.717, 1.165) is 12.8 Å². The molecular formula is C10H18N6O2. The summed E-state index contributed by atoms with van der Waals surface area (Å²) < 4.78 is 5.01. The van der Waals surface area contributed by atoms with E-state index in [1.165, 1.54) is 13.5 Å². The van der Waals surface area contributed by atoms with E-state index >= 15 is 0 Å². The molecule has 0 radical (unpaired) electrons. The van der Waals surface area contributed by atoms with Crippen LogP contribution in [-0.4, -0.2) is 46.4 Å². The third-order valence-electron chi connectivity index (χ3n) is 3.03. The molecular weight excluding hydrogens is 236 g/mol. The average molecular weight is 254 g/mol. The highest BCUT2D eigenvalue weighted by molar-refractivity contribution is 5.39. The second-order valence-corrected chi connectivity index (χ2v) is 4.09. The smallest absolute Gasteiger partial charge is 0.322 e. The zero-order valence-corrected chi connectivity index (χ0v) is 10.3. The van der Waals surface area contributed by atoms with Crippen LogP contribution in [0.15, 0.2) is 0 Å². The molecule has 0 bridgehead atoms. The minimum atomic E-state index is 0.0515. The van der Waals surface area contributed by atoms with Gasteiger partial charge in [-0.25, -0.2) is 5.84 Å². The molecule has 2 rings (SSSR count). The Kier molecular flexibility index (Phi) is 4.11. The molecule has 0 unspecified atom stereocenters. The summed E-state index contributed by atoms with van der Waals surface area (Å²) in [5, 5.41) is 9.14. The van der Waals surface area contributed by atoms with E-state index in [0.29, 0.717) is 18.5 Å². The van der Waals surface area contributed by atoms with Crippen LogP contribution in [0.25, 0.3) is 0 Å². The van der Waals surface area contributed by atoms with Crippen LogP contribution >= 0.6 is 0 Å². The van der Waals surface area contributed by atoms with Crippen molar-refractivity contribution in [3.63, 3.8) is 0 Å². The topological polar surface area (TPSA) is 109 Å². The molecule has 0 spiro atoms. The number of nitrogens with zero attached hydrogens (tertiary/aromatic N) is 4. The molecule has 100 valence electrons. The maximum atomic E-state index is 9.14. The maximum absolute atomic E-state index is 9.14. The molecule has 18 heavy (non-hydrogen) atoms. The maximum Gasteiger partial charge on any atom is 0.322 e. The van der Waals surface area contributed by atoms with Crippen LogP contribution in [0, 0.1) is 0 Å². The van der Waals surface area contributed by atoms with Crippen molar-refractivity contribution in [1.82, 2.24) is 15.0 Å². The molecule has 1 fully saturated rings. The highest BCUT2D eigenvalue weighted by atomic mass is 16.5. The summed E-state index contributed by atoms with van der Waals surface area (Å²) in [5.41, 5.74) is 2.38. The van der Waals surface area contributed by atoms with Crippen LogP contribution < -0.4 is 20.9 Å². The molecule has 1 aromatic heterocycles. The monoisotopic (exact) mass is 254 g/mol. The lowest BCUT2D eigenvalue weighted by Crippen LogP contribution is -2.43. The van der Waals surface area contributed by atoms with Gasteiger partial charge in [0, 0.05) is 12.6 Å². The van der Waals surface area contributed by atoms with Crippen LogP contribution in [-0.2, 0) is 0 Å². The van der Waals surface area contributed by atoms with Crippen molar-refractivity contribution in [2.75, 3.05) is 30.6 Å². The Morgan fingerprint density at radius 1 is 1.44 bits per heavy atom. The fraction of sp³-hybridized carbons (Fsp3) is 0.700. The molecule has 1 saturated carbocycles. The number of hydrazine groups is 1. The van der Waals surface area contributed by atoms with E-state index in [1.54, 1.807) is 0 Å². The van der Waals surface area contributed by atoms with Crippen molar-refractivity contribution in [3.05, 3.63) is 0 Å². The van der Waals surface area contributed by atoms with E-state index in [1.807, 2.05) is 4.90 Å². The second-order valence-electron chi connectivity index (χ2n) is 4.09. The molecule has 0 amide bonds. The van der Waals surface area contributed by atoms with Crippen LogP contribution in [0.2, 0.25) is 0 Å². The molecule has 8 heteroatoms. The number of nitrogens with one attached hydrogen (secondary N) is 1. The quantitative estimate of drug-likeness (QED) is 0.461. The predicted octanol–water partition coefficient (Wildman–Crippen LogP) is -0.483. The standard InChI is InChI=1S/C10H18N6O2/c1-18-10-13-8(15-11)12-9(14-10)16(5-6-17)7-3-2-4-7/h7,17H,2-6,11H2,1H3,(H,12,13,14,15). The Morgan fingerprint density at radius 2 is 2.22 bits per heavy atom. The molecule has 0 atom stereocenters. The fourth-order valence-electron chi connectivity index (χ4n) is 1.88. The van der Waals surface area contributed by atoms with Crippen LogP contribution in [0.4, 0.5) is 11.9 Å². The lowest BCUT2D eigenvalue weighted by Gasteiger charge is -2.37. The number of aromatic nitrogens is 3. The first-order chi connectivity index (χ1) is 8.78. The van der Waals surface area contributed by atoms with Gasteiger partial charge in [-0.2, -0.15) is 15.0 Å². The molecule has 1 aromatic rings. The number of methoxy groups -OCH3 is 1. The number of aliphatic hydroxyl groups excluding tert-OH is 1. The molecule has 4 N–H and O–H groups in total. The summed E-state index contributed by atoms with van der Waals surface area (Å²) in [4.78, 5) is 14.3. The van der Waals surface area contributed by atoms with Crippen LogP contribution in [0.1, 0.15) is 19.3 Å². The Hall–Kier alpha value is -1.67. The largest absolute Gasteiger partial charge is 0.467 e. The number of aliphatic hydroxyl groups is 1. The van der Waals surface area contributed by atoms with Crippen molar-refractivity contribution in [3.8, 4) is 6.01 Å². The Balaban J connectivity index is 2.26. The zero-order chi connectivity index (χ0) is 13.0. The minimum Gasteiger partial charge on any atom is -0.467 e. The van der Waals surface area contributed by atoms with Crippen molar-refractivity contribution in [2.45, 2.75) is 25.3 Å². The summed E-state index contributed by atoms with van der Waals surface area (Å²) in [7, 11) is 1.49. The molecule has 1 aliphatic carbocycles. The highest BCUT2D eigenvalue weighted by Crippen LogP contribution is 2.28. The van der Waals surface area contributed by atoms with E-state index in [9.17, 15) is 0 Å². The van der Waals surface area contributed by atoms with Gasteiger partial charge in [-0.15, -0.1) is 0 Å². The first-order valence-electron chi connectivity index (χ1n) is 5.92. The summed E-state index contributed by atoms with van der Waals surface area (Å²) in [5.74, 6) is 6.04. The first kappa shape index (κ1) is 12.8. The average Bonchev–Trinajstić information content (AvgIpc) is 2.35. The van der Waals surface area contributed by atoms with Crippen molar-refractivity contribution < 1.29 is 9.84 Å². The lowest BCUT2D eigenvalue weighted by atomic mass is 9.92. The number of nitrogen functional groups attached to an aromatic ring is 1. The summed E-state index contributed by atoms with van der Waals surface area (Å²) in [6.07, 6.45) is 3.36. The number of anilines is 2. The lowest BCUT2D eigenvalue weighted by molar-refractivity contribution is 0.281. The third-order valence-corrected chi connectivity index (χ3v) is 3.03. The molecule has 8 nitrogen and oxygen atoms in total. The molecule has 0 aliphatic heterocycles. The van der Waals surface area contributed by atoms with Crippen molar-refractivity contribution in [1.29, 1.82) is 0 Å². The van der Waals surface area contributed by atoms with E-state index in [-0.39, 0.29) is 18.6 Å². The fourth-order valence-corrected chi connectivity index (χ4v) is 1.88. The predicted molar refractivity (Wildman–Crippen MR) is 66.3 cm³/mol. The van der Waals surface area contributed by atoms with Gasteiger partial charge >= 0.3 is 6.01 Å². The number of hydrogen-bond acceptors (Lipinski definition) is 8. The van der Waals surface area contributed by atoms with Gasteiger partial charge in [-0.05, 0) is 19.3 Å². The Morgan fingerprint density at radius 3 is 2.72 bits per heavy atom. The molecule has 1 heterocycles. The van der Waals surface area contributed by atoms with E-state index < -0.39 is 0 Å². The van der Waals surface area contributed by atoms with E-state index in [2.05, 4.69) is 20.4 Å². The van der Waals surface area contributed by atoms with Crippen molar-refractivity contribution in [2.24, 2.45) is 5.84 Å². The SMILES string of the molecule is COc1nc(NN)nc(N(CCO)C2CCC2)n1. The van der Waals surface area contributed by atoms with Gasteiger partial charge in [0.15, 0.2) is 0 Å². The summed E-state index contributed by atoms with van der Waals surface area (Å²) >= 11 is 0. The van der Waals surface area contributed by atoms with Crippen molar-refractivity contribution >= 4 is 11.9 Å². The number of ether oxygens (including phenoxy) is 1. The number of nitrogens with two attached hydrogens (primary N) is 1. The van der Waals surface area contributed by atoms with Crippen LogP contribution in [0.3, 0.4) is 0 Å².